The predicted octanol–water partition coefficient (Wildman–Crippen LogP) is 2.94. The number of carbonyl (C=O) groups excluding carboxylic acids is 2. The van der Waals surface area contributed by atoms with Crippen LogP contribution in [0.3, 0.4) is 0 Å². The van der Waals surface area contributed by atoms with Gasteiger partial charge in [0.25, 0.3) is 5.91 Å². The molecule has 28 heavy (non-hydrogen) atoms. The Kier molecular flexibility index (Phi) is 7.06. The van der Waals surface area contributed by atoms with Crippen LogP contribution in [0.1, 0.15) is 35.7 Å². The first-order chi connectivity index (χ1) is 13.5. The molecule has 5 nitrogen and oxygen atoms in total. The van der Waals surface area contributed by atoms with E-state index in [1.165, 1.54) is 0 Å². The lowest BCUT2D eigenvalue weighted by Gasteiger charge is -2.30. The van der Waals surface area contributed by atoms with E-state index in [-0.39, 0.29) is 17.9 Å². The first-order valence-corrected chi connectivity index (χ1v) is 10.0. The Morgan fingerprint density at radius 2 is 1.86 bits per heavy atom. The monoisotopic (exact) mass is 399 g/mol. The number of piperidine rings is 1. The zero-order chi connectivity index (χ0) is 19.9. The highest BCUT2D eigenvalue weighted by Gasteiger charge is 2.26. The second-order valence-corrected chi connectivity index (χ2v) is 7.74. The van der Waals surface area contributed by atoms with Crippen molar-refractivity contribution in [3.63, 3.8) is 0 Å². The van der Waals surface area contributed by atoms with E-state index < -0.39 is 6.04 Å². The van der Waals surface area contributed by atoms with Crippen molar-refractivity contribution < 1.29 is 9.59 Å². The highest BCUT2D eigenvalue weighted by atomic mass is 35.5. The van der Waals surface area contributed by atoms with Crippen LogP contribution in [0.2, 0.25) is 5.02 Å². The van der Waals surface area contributed by atoms with Gasteiger partial charge in [0.1, 0.15) is 6.04 Å². The van der Waals surface area contributed by atoms with Crippen molar-refractivity contribution in [2.75, 3.05) is 6.54 Å². The van der Waals surface area contributed by atoms with Crippen LogP contribution in [0.5, 0.6) is 0 Å². The summed E-state index contributed by atoms with van der Waals surface area (Å²) in [4.78, 5) is 25.6. The fraction of sp³-hybridized carbons (Fsp3) is 0.364. The van der Waals surface area contributed by atoms with Gasteiger partial charge >= 0.3 is 0 Å². The molecule has 6 heteroatoms. The summed E-state index contributed by atoms with van der Waals surface area (Å²) in [6.07, 6.45) is 2.21. The zero-order valence-corrected chi connectivity index (χ0v) is 16.7. The van der Waals surface area contributed by atoms with Crippen LogP contribution in [-0.4, -0.2) is 36.5 Å². The summed E-state index contributed by atoms with van der Waals surface area (Å²) in [7, 11) is 0. The average molecular weight is 400 g/mol. The number of halogens is 1. The Hall–Kier alpha value is -2.37. The van der Waals surface area contributed by atoms with Crippen molar-refractivity contribution >= 4 is 23.4 Å². The molecule has 3 N–H and O–H groups in total. The molecule has 0 spiro atoms. The van der Waals surface area contributed by atoms with Gasteiger partial charge in [0, 0.05) is 29.1 Å². The number of hydrogen-bond donors (Lipinski definition) is 3. The van der Waals surface area contributed by atoms with Crippen molar-refractivity contribution in [2.45, 2.75) is 44.3 Å². The second kappa shape index (κ2) is 9.71. The Morgan fingerprint density at radius 3 is 2.54 bits per heavy atom. The van der Waals surface area contributed by atoms with Crippen LogP contribution in [0.4, 0.5) is 0 Å². The molecular weight excluding hydrogens is 374 g/mol. The third kappa shape index (κ3) is 5.81. The number of nitrogens with one attached hydrogen (secondary N) is 3. The third-order valence-corrected chi connectivity index (χ3v) is 5.23. The topological polar surface area (TPSA) is 70.2 Å². The molecule has 0 aromatic heterocycles. The molecule has 1 aliphatic rings. The van der Waals surface area contributed by atoms with Gasteiger partial charge in [-0.05, 0) is 56.1 Å². The largest absolute Gasteiger partial charge is 0.351 e. The molecule has 2 aromatic rings. The van der Waals surface area contributed by atoms with E-state index in [0.29, 0.717) is 23.0 Å². The fourth-order valence-electron chi connectivity index (χ4n) is 3.47. The normalized spacial score (nSPS) is 20.2. The van der Waals surface area contributed by atoms with Crippen LogP contribution in [0.15, 0.2) is 54.6 Å². The zero-order valence-electron chi connectivity index (χ0n) is 16.0. The minimum atomic E-state index is -0.643. The number of hydrogen-bond acceptors (Lipinski definition) is 3. The molecule has 1 heterocycles. The molecule has 0 saturated carbocycles. The summed E-state index contributed by atoms with van der Waals surface area (Å²) < 4.78 is 0. The molecule has 148 valence electrons. The molecule has 0 bridgehead atoms. The smallest absolute Gasteiger partial charge is 0.251 e. The van der Waals surface area contributed by atoms with Crippen molar-refractivity contribution in [3.8, 4) is 0 Å². The lowest BCUT2D eigenvalue weighted by atomic mass is 9.99. The van der Waals surface area contributed by atoms with Crippen molar-refractivity contribution in [3.05, 3.63) is 70.7 Å². The van der Waals surface area contributed by atoms with Crippen LogP contribution >= 0.6 is 11.6 Å². The first-order valence-electron chi connectivity index (χ1n) is 9.65. The van der Waals surface area contributed by atoms with Gasteiger partial charge in [-0.15, -0.1) is 0 Å². The van der Waals surface area contributed by atoms with E-state index in [1.807, 2.05) is 30.3 Å². The highest BCUT2D eigenvalue weighted by molar-refractivity contribution is 6.30. The molecule has 1 saturated heterocycles. The fourth-order valence-corrected chi connectivity index (χ4v) is 3.59. The molecule has 2 aromatic carbocycles. The van der Waals surface area contributed by atoms with Gasteiger partial charge in [-0.2, -0.15) is 0 Å². The molecule has 0 radical (unpaired) electrons. The summed E-state index contributed by atoms with van der Waals surface area (Å²) in [6, 6.07) is 16.2. The Bertz CT molecular complexity index is 795. The van der Waals surface area contributed by atoms with Crippen LogP contribution in [-0.2, 0) is 11.2 Å². The van der Waals surface area contributed by atoms with Gasteiger partial charge < -0.3 is 16.0 Å². The van der Waals surface area contributed by atoms with E-state index in [2.05, 4.69) is 22.9 Å². The standard InChI is InChI=1S/C22H26ClN3O2/c1-15-13-19(11-12-24-15)25-22(28)20(14-16-5-3-2-4-6-16)26-21(27)17-7-9-18(23)10-8-17/h2-10,15,19-20,24H,11-14H2,1H3,(H,25,28)(H,26,27). The third-order valence-electron chi connectivity index (χ3n) is 4.98. The summed E-state index contributed by atoms with van der Waals surface area (Å²) >= 11 is 5.90. The first kappa shape index (κ1) is 20.4. The Morgan fingerprint density at radius 1 is 1.14 bits per heavy atom. The average Bonchev–Trinajstić information content (AvgIpc) is 2.68. The van der Waals surface area contributed by atoms with Gasteiger partial charge in [-0.1, -0.05) is 41.9 Å². The van der Waals surface area contributed by atoms with E-state index in [0.717, 1.165) is 24.9 Å². The van der Waals surface area contributed by atoms with Gasteiger partial charge in [-0.3, -0.25) is 9.59 Å². The predicted molar refractivity (Wildman–Crippen MR) is 111 cm³/mol. The minimum absolute atomic E-state index is 0.120. The SMILES string of the molecule is CC1CC(NC(=O)C(Cc2ccccc2)NC(=O)c2ccc(Cl)cc2)CCN1. The molecule has 3 atom stereocenters. The van der Waals surface area contributed by atoms with E-state index in [4.69, 9.17) is 11.6 Å². The Labute approximate surface area is 170 Å². The lowest BCUT2D eigenvalue weighted by molar-refractivity contribution is -0.123. The van der Waals surface area contributed by atoms with Crippen LogP contribution in [0, 0.1) is 0 Å². The maximum absolute atomic E-state index is 13.0. The number of benzene rings is 2. The molecule has 3 rings (SSSR count). The quantitative estimate of drug-likeness (QED) is 0.699. The van der Waals surface area contributed by atoms with E-state index in [1.54, 1.807) is 24.3 Å². The molecule has 1 fully saturated rings. The minimum Gasteiger partial charge on any atom is -0.351 e. The molecule has 2 amide bonds. The number of carbonyl (C=O) groups is 2. The maximum Gasteiger partial charge on any atom is 0.251 e. The van der Waals surface area contributed by atoms with Gasteiger partial charge in [0.15, 0.2) is 0 Å². The van der Waals surface area contributed by atoms with Gasteiger partial charge in [0.2, 0.25) is 5.91 Å². The van der Waals surface area contributed by atoms with Crippen LogP contribution in [0.25, 0.3) is 0 Å². The van der Waals surface area contributed by atoms with Crippen LogP contribution < -0.4 is 16.0 Å². The maximum atomic E-state index is 13.0. The van der Waals surface area contributed by atoms with Gasteiger partial charge in [-0.25, -0.2) is 0 Å². The van der Waals surface area contributed by atoms with E-state index >= 15 is 0 Å². The summed E-state index contributed by atoms with van der Waals surface area (Å²) in [5, 5.41) is 9.96. The summed E-state index contributed by atoms with van der Waals surface area (Å²) in [6.45, 7) is 2.99. The van der Waals surface area contributed by atoms with Crippen molar-refractivity contribution in [1.82, 2.24) is 16.0 Å². The molecule has 1 aliphatic heterocycles. The molecule has 3 unspecified atom stereocenters. The van der Waals surface area contributed by atoms with E-state index in [9.17, 15) is 9.59 Å². The molecule has 0 aliphatic carbocycles. The highest BCUT2D eigenvalue weighted by Crippen LogP contribution is 2.12. The summed E-state index contributed by atoms with van der Waals surface area (Å²) in [5.74, 6) is -0.434. The Balaban J connectivity index is 1.71. The lowest BCUT2D eigenvalue weighted by Crippen LogP contribution is -2.53. The number of rotatable bonds is 6. The number of amides is 2. The second-order valence-electron chi connectivity index (χ2n) is 7.31. The summed E-state index contributed by atoms with van der Waals surface area (Å²) in [5.41, 5.74) is 1.48. The van der Waals surface area contributed by atoms with Crippen molar-refractivity contribution in [1.29, 1.82) is 0 Å². The van der Waals surface area contributed by atoms with Crippen molar-refractivity contribution in [2.24, 2.45) is 0 Å². The van der Waals surface area contributed by atoms with Gasteiger partial charge in [0.05, 0.1) is 0 Å². The molecular formula is C22H26ClN3O2.